The molecule has 0 fully saturated rings. The lowest BCUT2D eigenvalue weighted by Gasteiger charge is -2.08. The molecule has 0 spiro atoms. The van der Waals surface area contributed by atoms with Gasteiger partial charge in [-0.05, 0) is 24.6 Å². The molecule has 3 aromatic rings. The summed E-state index contributed by atoms with van der Waals surface area (Å²) < 4.78 is 8.14. The van der Waals surface area contributed by atoms with Gasteiger partial charge in [0, 0.05) is 13.6 Å². The minimum atomic E-state index is -0.472. The number of nitrogens with zero attached hydrogens (tertiary/aromatic N) is 4. The normalized spacial score (nSPS) is 11.0. The summed E-state index contributed by atoms with van der Waals surface area (Å²) >= 11 is 6.00. The van der Waals surface area contributed by atoms with Gasteiger partial charge in [0.2, 0.25) is 0 Å². The highest BCUT2D eigenvalue weighted by Gasteiger charge is 2.12. The third-order valence-corrected chi connectivity index (χ3v) is 3.90. The number of benzene rings is 1. The highest BCUT2D eigenvalue weighted by molar-refractivity contribution is 6.32. The first kappa shape index (κ1) is 16.2. The molecule has 0 saturated carbocycles. The molecule has 2 aromatic heterocycles. The third kappa shape index (κ3) is 3.16. The largest absolute Gasteiger partial charge is 0.425 e. The molecule has 3 rings (SSSR count). The van der Waals surface area contributed by atoms with E-state index in [0.717, 1.165) is 5.56 Å². The summed E-state index contributed by atoms with van der Waals surface area (Å²) in [5.41, 5.74) is 1.20. The predicted octanol–water partition coefficient (Wildman–Crippen LogP) is 2.09. The number of hydrogen-bond donors (Lipinski definition) is 0. The highest BCUT2D eigenvalue weighted by Crippen LogP contribution is 2.25. The Morgan fingerprint density at radius 1 is 1.38 bits per heavy atom. The lowest BCUT2D eigenvalue weighted by molar-refractivity contribution is -0.134. The van der Waals surface area contributed by atoms with E-state index < -0.39 is 5.97 Å². The summed E-state index contributed by atoms with van der Waals surface area (Å²) in [6, 6.07) is 5.19. The van der Waals surface area contributed by atoms with Gasteiger partial charge in [-0.2, -0.15) is 5.10 Å². The van der Waals surface area contributed by atoms with Crippen LogP contribution in [0.3, 0.4) is 0 Å². The van der Waals surface area contributed by atoms with E-state index in [1.54, 1.807) is 19.2 Å². The van der Waals surface area contributed by atoms with Crippen LogP contribution >= 0.6 is 11.6 Å². The van der Waals surface area contributed by atoms with Crippen molar-refractivity contribution in [2.24, 2.45) is 7.05 Å². The zero-order valence-electron chi connectivity index (χ0n) is 13.2. The Hall–Kier alpha value is -2.67. The fraction of sp³-hybridized carbons (Fsp3) is 0.250. The van der Waals surface area contributed by atoms with Crippen molar-refractivity contribution >= 4 is 28.6 Å². The van der Waals surface area contributed by atoms with E-state index in [1.165, 1.54) is 21.8 Å². The summed E-state index contributed by atoms with van der Waals surface area (Å²) in [6.45, 7) is 2.04. The lowest BCUT2D eigenvalue weighted by atomic mass is 10.2. The Labute approximate surface area is 142 Å². The molecule has 24 heavy (non-hydrogen) atoms. The molecule has 0 bridgehead atoms. The molecule has 8 heteroatoms. The van der Waals surface area contributed by atoms with E-state index in [0.29, 0.717) is 21.8 Å². The van der Waals surface area contributed by atoms with Gasteiger partial charge >= 0.3 is 5.97 Å². The Morgan fingerprint density at radius 3 is 2.96 bits per heavy atom. The Morgan fingerprint density at radius 2 is 2.17 bits per heavy atom. The number of halogens is 1. The van der Waals surface area contributed by atoms with Gasteiger partial charge in [-0.25, -0.2) is 4.98 Å². The highest BCUT2D eigenvalue weighted by atomic mass is 35.5. The van der Waals surface area contributed by atoms with Crippen LogP contribution in [0.4, 0.5) is 0 Å². The standard InChI is InChI=1S/C16H15ClN4O3/c1-10-3-4-12(17)13(7-10)24-14(22)5-6-21-9-18-15-11(16(21)23)8-19-20(15)2/h3-4,7-9H,5-6H2,1-2H3. The fourth-order valence-electron chi connectivity index (χ4n) is 2.30. The Bertz CT molecular complexity index is 977. The number of carbonyl (C=O) groups is 1. The van der Waals surface area contributed by atoms with Gasteiger partial charge in [0.1, 0.15) is 11.1 Å². The molecular formula is C16H15ClN4O3. The first-order valence-electron chi connectivity index (χ1n) is 7.29. The molecule has 0 aliphatic heterocycles. The minimum absolute atomic E-state index is 0.0254. The van der Waals surface area contributed by atoms with Crippen LogP contribution in [0, 0.1) is 6.92 Å². The van der Waals surface area contributed by atoms with E-state index >= 15 is 0 Å². The maximum absolute atomic E-state index is 12.3. The molecule has 0 radical (unpaired) electrons. The molecule has 7 nitrogen and oxygen atoms in total. The number of aryl methyl sites for hydroxylation is 3. The second-order valence-corrected chi connectivity index (χ2v) is 5.81. The molecule has 0 saturated heterocycles. The van der Waals surface area contributed by atoms with Crippen LogP contribution in [0.25, 0.3) is 11.0 Å². The average Bonchev–Trinajstić information content (AvgIpc) is 2.92. The number of esters is 1. The molecular weight excluding hydrogens is 332 g/mol. The van der Waals surface area contributed by atoms with Crippen molar-refractivity contribution < 1.29 is 9.53 Å². The van der Waals surface area contributed by atoms with Gasteiger partial charge < -0.3 is 4.74 Å². The molecule has 0 atom stereocenters. The summed E-state index contributed by atoms with van der Waals surface area (Å²) in [7, 11) is 1.71. The molecule has 0 aliphatic rings. The first-order chi connectivity index (χ1) is 11.5. The molecule has 0 aliphatic carbocycles. The summed E-state index contributed by atoms with van der Waals surface area (Å²) in [6.07, 6.45) is 2.89. The van der Waals surface area contributed by atoms with Crippen molar-refractivity contribution in [3.05, 3.63) is 51.7 Å². The molecule has 2 heterocycles. The maximum Gasteiger partial charge on any atom is 0.313 e. The predicted molar refractivity (Wildman–Crippen MR) is 89.2 cm³/mol. The van der Waals surface area contributed by atoms with Gasteiger partial charge in [-0.15, -0.1) is 0 Å². The number of fused-ring (bicyclic) bond motifs is 1. The number of rotatable bonds is 4. The van der Waals surface area contributed by atoms with E-state index in [-0.39, 0.29) is 18.5 Å². The fourth-order valence-corrected chi connectivity index (χ4v) is 2.46. The van der Waals surface area contributed by atoms with Crippen LogP contribution in [-0.2, 0) is 18.4 Å². The van der Waals surface area contributed by atoms with E-state index in [4.69, 9.17) is 16.3 Å². The second-order valence-electron chi connectivity index (χ2n) is 5.41. The molecule has 1 aromatic carbocycles. The van der Waals surface area contributed by atoms with Gasteiger partial charge in [0.05, 0.1) is 24.0 Å². The van der Waals surface area contributed by atoms with Crippen molar-refractivity contribution in [2.45, 2.75) is 19.9 Å². The quantitative estimate of drug-likeness (QED) is 0.534. The van der Waals surface area contributed by atoms with Crippen LogP contribution in [0.5, 0.6) is 5.75 Å². The van der Waals surface area contributed by atoms with Crippen molar-refractivity contribution in [1.82, 2.24) is 19.3 Å². The molecule has 0 N–H and O–H groups in total. The number of ether oxygens (including phenoxy) is 1. The smallest absolute Gasteiger partial charge is 0.313 e. The van der Waals surface area contributed by atoms with E-state index in [9.17, 15) is 9.59 Å². The SMILES string of the molecule is Cc1ccc(Cl)c(OC(=O)CCn2cnc3c(cnn3C)c2=O)c1. The summed E-state index contributed by atoms with van der Waals surface area (Å²) in [4.78, 5) is 28.5. The van der Waals surface area contributed by atoms with E-state index in [1.807, 2.05) is 13.0 Å². The molecule has 0 amide bonds. The average molecular weight is 347 g/mol. The van der Waals surface area contributed by atoms with Crippen molar-refractivity contribution in [1.29, 1.82) is 0 Å². The van der Waals surface area contributed by atoms with Crippen LogP contribution in [0.2, 0.25) is 5.02 Å². The topological polar surface area (TPSA) is 79.0 Å². The van der Waals surface area contributed by atoms with Crippen molar-refractivity contribution in [2.75, 3.05) is 0 Å². The van der Waals surface area contributed by atoms with E-state index in [2.05, 4.69) is 10.1 Å². The monoisotopic (exact) mass is 346 g/mol. The molecule has 0 unspecified atom stereocenters. The zero-order valence-corrected chi connectivity index (χ0v) is 13.9. The Kier molecular flexibility index (Phi) is 4.35. The third-order valence-electron chi connectivity index (χ3n) is 3.59. The number of hydrogen-bond acceptors (Lipinski definition) is 5. The van der Waals surface area contributed by atoms with Crippen molar-refractivity contribution in [3.8, 4) is 5.75 Å². The summed E-state index contributed by atoms with van der Waals surface area (Å²) in [5.74, 6) is -0.157. The van der Waals surface area contributed by atoms with Gasteiger partial charge in [0.15, 0.2) is 5.65 Å². The van der Waals surface area contributed by atoms with Crippen LogP contribution < -0.4 is 10.3 Å². The maximum atomic E-state index is 12.3. The van der Waals surface area contributed by atoms with Crippen LogP contribution in [-0.4, -0.2) is 25.3 Å². The zero-order chi connectivity index (χ0) is 17.3. The van der Waals surface area contributed by atoms with Crippen molar-refractivity contribution in [3.63, 3.8) is 0 Å². The number of aromatic nitrogens is 4. The Balaban J connectivity index is 1.71. The second kappa shape index (κ2) is 6.45. The lowest BCUT2D eigenvalue weighted by Crippen LogP contribution is -2.23. The minimum Gasteiger partial charge on any atom is -0.425 e. The van der Waals surface area contributed by atoms with Gasteiger partial charge in [0.25, 0.3) is 5.56 Å². The molecule has 124 valence electrons. The first-order valence-corrected chi connectivity index (χ1v) is 7.67. The van der Waals surface area contributed by atoms with Gasteiger partial charge in [-0.1, -0.05) is 17.7 Å². The van der Waals surface area contributed by atoms with Crippen LogP contribution in [0.1, 0.15) is 12.0 Å². The van der Waals surface area contributed by atoms with Gasteiger partial charge in [-0.3, -0.25) is 18.8 Å². The van der Waals surface area contributed by atoms with Crippen LogP contribution in [0.15, 0.2) is 35.5 Å². The summed E-state index contributed by atoms with van der Waals surface area (Å²) in [5, 5.41) is 4.78. The number of carbonyl (C=O) groups excluding carboxylic acids is 1.